The summed E-state index contributed by atoms with van der Waals surface area (Å²) in [6.07, 6.45) is 0.833. The Kier molecular flexibility index (Phi) is 5.17. The zero-order chi connectivity index (χ0) is 15.6. The summed E-state index contributed by atoms with van der Waals surface area (Å²) in [6, 6.07) is 9.88. The van der Waals surface area contributed by atoms with Crippen molar-refractivity contribution in [2.75, 3.05) is 7.05 Å². The molecule has 0 saturated carbocycles. The van der Waals surface area contributed by atoms with Crippen molar-refractivity contribution < 1.29 is 4.39 Å². The van der Waals surface area contributed by atoms with E-state index in [9.17, 15) is 4.39 Å². The molecule has 1 N–H and O–H groups in total. The van der Waals surface area contributed by atoms with E-state index >= 15 is 0 Å². The molecule has 2 aromatic carbocycles. The summed E-state index contributed by atoms with van der Waals surface area (Å²) in [4.78, 5) is 0. The van der Waals surface area contributed by atoms with Gasteiger partial charge in [-0.2, -0.15) is 0 Å². The maximum atomic E-state index is 13.4. The molecule has 0 saturated heterocycles. The van der Waals surface area contributed by atoms with Gasteiger partial charge in [-0.25, -0.2) is 4.39 Å². The van der Waals surface area contributed by atoms with Gasteiger partial charge in [0, 0.05) is 6.04 Å². The number of hydrogen-bond acceptors (Lipinski definition) is 1. The van der Waals surface area contributed by atoms with Gasteiger partial charge in [0.25, 0.3) is 0 Å². The predicted octanol–water partition coefficient (Wildman–Crippen LogP) is 5.02. The van der Waals surface area contributed by atoms with Crippen molar-refractivity contribution >= 4 is 15.9 Å². The Morgan fingerprint density at radius 3 is 2.24 bits per heavy atom. The van der Waals surface area contributed by atoms with E-state index in [1.807, 2.05) is 19.2 Å². The lowest BCUT2D eigenvalue weighted by Gasteiger charge is -2.22. The van der Waals surface area contributed by atoms with E-state index in [4.69, 9.17) is 0 Å². The molecule has 1 unspecified atom stereocenters. The minimum atomic E-state index is -0.220. The molecule has 0 aromatic heterocycles. The summed E-state index contributed by atoms with van der Waals surface area (Å²) in [5, 5.41) is 3.39. The summed E-state index contributed by atoms with van der Waals surface area (Å²) in [7, 11) is 1.97. The first kappa shape index (κ1) is 16.2. The van der Waals surface area contributed by atoms with Crippen molar-refractivity contribution in [1.82, 2.24) is 5.32 Å². The molecule has 2 rings (SSSR count). The SMILES string of the molecule is CNC(Cc1ccc(F)c(Br)c1)c1c(C)cc(C)cc1C. The molecule has 1 atom stereocenters. The molecule has 1 nitrogen and oxygen atoms in total. The molecule has 0 aliphatic rings. The standard InChI is InChI=1S/C18H21BrFN/c1-11-7-12(2)18(13(3)8-11)17(21-4)10-14-5-6-16(20)15(19)9-14/h5-9,17,21H,10H2,1-4H3. The molecular formula is C18H21BrFN. The lowest BCUT2D eigenvalue weighted by molar-refractivity contribution is 0.582. The van der Waals surface area contributed by atoms with Crippen LogP contribution >= 0.6 is 15.9 Å². The first-order chi connectivity index (χ1) is 9.92. The van der Waals surface area contributed by atoms with Crippen molar-refractivity contribution in [3.05, 3.63) is 68.4 Å². The molecule has 3 heteroatoms. The minimum absolute atomic E-state index is 0.220. The Labute approximate surface area is 134 Å². The van der Waals surface area contributed by atoms with E-state index in [-0.39, 0.29) is 11.9 Å². The lowest BCUT2D eigenvalue weighted by atomic mass is 9.90. The Balaban J connectivity index is 2.34. The molecule has 0 aliphatic heterocycles. The second kappa shape index (κ2) is 6.71. The summed E-state index contributed by atoms with van der Waals surface area (Å²) in [5.74, 6) is -0.220. The van der Waals surface area contributed by atoms with Gasteiger partial charge in [0.15, 0.2) is 0 Å². The quantitative estimate of drug-likeness (QED) is 0.817. The van der Waals surface area contributed by atoms with Crippen LogP contribution in [-0.2, 0) is 6.42 Å². The smallest absolute Gasteiger partial charge is 0.137 e. The third-order valence-corrected chi connectivity index (χ3v) is 4.47. The number of likely N-dealkylation sites (N-methyl/N-ethyl adjacent to an activating group) is 1. The third kappa shape index (κ3) is 3.72. The normalized spacial score (nSPS) is 12.5. The number of nitrogens with one attached hydrogen (secondary N) is 1. The van der Waals surface area contributed by atoms with E-state index in [0.29, 0.717) is 4.47 Å². The first-order valence-electron chi connectivity index (χ1n) is 7.11. The highest BCUT2D eigenvalue weighted by Crippen LogP contribution is 2.27. The third-order valence-electron chi connectivity index (χ3n) is 3.86. The van der Waals surface area contributed by atoms with Crippen LogP contribution in [0.1, 0.15) is 33.9 Å². The largest absolute Gasteiger partial charge is 0.313 e. The van der Waals surface area contributed by atoms with Crippen LogP contribution in [0.5, 0.6) is 0 Å². The Bertz CT molecular complexity index is 629. The van der Waals surface area contributed by atoms with Gasteiger partial charge in [0.2, 0.25) is 0 Å². The number of aryl methyl sites for hydroxylation is 3. The fourth-order valence-electron chi connectivity index (χ4n) is 2.99. The van der Waals surface area contributed by atoms with Gasteiger partial charge in [-0.3, -0.25) is 0 Å². The molecule has 0 spiro atoms. The van der Waals surface area contributed by atoms with Crippen LogP contribution in [0.25, 0.3) is 0 Å². The molecule has 0 aliphatic carbocycles. The molecule has 21 heavy (non-hydrogen) atoms. The molecule has 0 radical (unpaired) electrons. The summed E-state index contributed by atoms with van der Waals surface area (Å²) in [5.41, 5.74) is 6.33. The van der Waals surface area contributed by atoms with Crippen molar-refractivity contribution in [1.29, 1.82) is 0 Å². The van der Waals surface area contributed by atoms with Gasteiger partial charge in [0.05, 0.1) is 4.47 Å². The van der Waals surface area contributed by atoms with Crippen LogP contribution < -0.4 is 5.32 Å². The van der Waals surface area contributed by atoms with Crippen LogP contribution in [-0.4, -0.2) is 7.05 Å². The van der Waals surface area contributed by atoms with Crippen LogP contribution in [0, 0.1) is 26.6 Å². The fraction of sp³-hybridized carbons (Fsp3) is 0.333. The minimum Gasteiger partial charge on any atom is -0.313 e. The number of hydrogen-bond donors (Lipinski definition) is 1. The van der Waals surface area contributed by atoms with Crippen LogP contribution in [0.15, 0.2) is 34.8 Å². The Morgan fingerprint density at radius 2 is 1.71 bits per heavy atom. The van der Waals surface area contributed by atoms with Crippen molar-refractivity contribution in [2.45, 2.75) is 33.2 Å². The fourth-order valence-corrected chi connectivity index (χ4v) is 3.42. The van der Waals surface area contributed by atoms with E-state index < -0.39 is 0 Å². The monoisotopic (exact) mass is 349 g/mol. The van der Waals surface area contributed by atoms with Crippen LogP contribution in [0.3, 0.4) is 0 Å². The zero-order valence-corrected chi connectivity index (χ0v) is 14.5. The summed E-state index contributed by atoms with van der Waals surface area (Å²) in [6.45, 7) is 6.43. The molecule has 2 aromatic rings. The second-order valence-corrected chi connectivity index (χ2v) is 6.46. The molecule has 0 amide bonds. The van der Waals surface area contributed by atoms with Gasteiger partial charge in [-0.1, -0.05) is 23.8 Å². The Hall–Kier alpha value is -1.19. The highest BCUT2D eigenvalue weighted by molar-refractivity contribution is 9.10. The van der Waals surface area contributed by atoms with Crippen LogP contribution in [0.2, 0.25) is 0 Å². The summed E-state index contributed by atoms with van der Waals surface area (Å²) >= 11 is 3.26. The van der Waals surface area contributed by atoms with Crippen molar-refractivity contribution in [3.63, 3.8) is 0 Å². The molecular weight excluding hydrogens is 329 g/mol. The summed E-state index contributed by atoms with van der Waals surface area (Å²) < 4.78 is 13.9. The van der Waals surface area contributed by atoms with E-state index in [1.54, 1.807) is 0 Å². The van der Waals surface area contributed by atoms with E-state index in [2.05, 4.69) is 54.2 Å². The van der Waals surface area contributed by atoms with Crippen molar-refractivity contribution in [3.8, 4) is 0 Å². The van der Waals surface area contributed by atoms with Gasteiger partial charge >= 0.3 is 0 Å². The van der Waals surface area contributed by atoms with Gasteiger partial charge in [-0.15, -0.1) is 0 Å². The number of rotatable bonds is 4. The lowest BCUT2D eigenvalue weighted by Crippen LogP contribution is -2.21. The van der Waals surface area contributed by atoms with Gasteiger partial charge in [0.1, 0.15) is 5.82 Å². The average molecular weight is 350 g/mol. The highest BCUT2D eigenvalue weighted by Gasteiger charge is 2.16. The van der Waals surface area contributed by atoms with Gasteiger partial charge in [-0.05, 0) is 84.6 Å². The number of benzene rings is 2. The second-order valence-electron chi connectivity index (χ2n) is 5.61. The van der Waals surface area contributed by atoms with Crippen molar-refractivity contribution in [2.24, 2.45) is 0 Å². The first-order valence-corrected chi connectivity index (χ1v) is 7.90. The zero-order valence-electron chi connectivity index (χ0n) is 12.9. The average Bonchev–Trinajstić information content (AvgIpc) is 2.40. The maximum Gasteiger partial charge on any atom is 0.137 e. The maximum absolute atomic E-state index is 13.4. The molecule has 0 heterocycles. The Morgan fingerprint density at radius 1 is 1.10 bits per heavy atom. The van der Waals surface area contributed by atoms with E-state index in [0.717, 1.165) is 12.0 Å². The van der Waals surface area contributed by atoms with Gasteiger partial charge < -0.3 is 5.32 Å². The van der Waals surface area contributed by atoms with Crippen LogP contribution in [0.4, 0.5) is 4.39 Å². The highest BCUT2D eigenvalue weighted by atomic mass is 79.9. The molecule has 0 bridgehead atoms. The topological polar surface area (TPSA) is 12.0 Å². The van der Waals surface area contributed by atoms with E-state index in [1.165, 1.54) is 28.3 Å². The molecule has 0 fully saturated rings. The number of halogens is 2. The predicted molar refractivity (Wildman–Crippen MR) is 90.3 cm³/mol. The molecule has 112 valence electrons.